The summed E-state index contributed by atoms with van der Waals surface area (Å²) in [5, 5.41) is 11.2. The van der Waals surface area contributed by atoms with E-state index in [9.17, 15) is 9.59 Å². The molecule has 9 nitrogen and oxygen atoms in total. The molecule has 47 heavy (non-hydrogen) atoms. The number of benzene rings is 3. The molecule has 7 rings (SSSR count). The van der Waals surface area contributed by atoms with Crippen LogP contribution in [0.15, 0.2) is 161 Å². The highest BCUT2D eigenvalue weighted by Crippen LogP contribution is 2.22. The van der Waals surface area contributed by atoms with E-state index in [0.29, 0.717) is 17.2 Å². The summed E-state index contributed by atoms with van der Waals surface area (Å²) in [5.74, 6) is 0.831. The lowest BCUT2D eigenvalue weighted by Gasteiger charge is -2.07. The molecule has 0 saturated heterocycles. The molecule has 2 amide bonds. The smallest absolute Gasteiger partial charge is 0.248 e. The number of amides is 2. The molecule has 4 aromatic heterocycles. The van der Waals surface area contributed by atoms with Gasteiger partial charge in [0.1, 0.15) is 11.5 Å². The SMILES string of the molecule is O=C(/C=C/c1ccco1)Nc1cccc(-c2ccccn2)c1.O=C(/C=C/c1ccco1)Nc1cccc(-n2ncc3ccccc32)c1. The third-order valence-electron chi connectivity index (χ3n) is 6.81. The van der Waals surface area contributed by atoms with Crippen LogP contribution in [0.3, 0.4) is 0 Å². The molecule has 0 bridgehead atoms. The summed E-state index contributed by atoms with van der Waals surface area (Å²) >= 11 is 0. The first kappa shape index (κ1) is 30.3. The van der Waals surface area contributed by atoms with Crippen molar-refractivity contribution < 1.29 is 18.4 Å². The van der Waals surface area contributed by atoms with Crippen LogP contribution in [0.1, 0.15) is 11.5 Å². The molecule has 2 N–H and O–H groups in total. The maximum absolute atomic E-state index is 12.1. The van der Waals surface area contributed by atoms with Crippen molar-refractivity contribution in [3.63, 3.8) is 0 Å². The second kappa shape index (κ2) is 14.8. The van der Waals surface area contributed by atoms with Gasteiger partial charge in [0.05, 0.1) is 35.6 Å². The van der Waals surface area contributed by atoms with Gasteiger partial charge in [-0.2, -0.15) is 5.10 Å². The summed E-state index contributed by atoms with van der Waals surface area (Å²) in [5.41, 5.74) is 5.14. The van der Waals surface area contributed by atoms with Crippen LogP contribution in [-0.4, -0.2) is 26.6 Å². The topological polar surface area (TPSA) is 115 Å². The van der Waals surface area contributed by atoms with Crippen molar-refractivity contribution in [2.45, 2.75) is 0 Å². The molecule has 0 spiro atoms. The lowest BCUT2D eigenvalue weighted by atomic mass is 10.1. The molecule has 9 heteroatoms. The van der Waals surface area contributed by atoms with E-state index >= 15 is 0 Å². The fourth-order valence-electron chi connectivity index (χ4n) is 4.64. The number of hydrogen-bond donors (Lipinski definition) is 2. The van der Waals surface area contributed by atoms with Crippen molar-refractivity contribution in [2.75, 3.05) is 10.6 Å². The van der Waals surface area contributed by atoms with Crippen molar-refractivity contribution in [2.24, 2.45) is 0 Å². The lowest BCUT2D eigenvalue weighted by Crippen LogP contribution is -2.08. The summed E-state index contributed by atoms with van der Waals surface area (Å²) in [6.45, 7) is 0. The van der Waals surface area contributed by atoms with Crippen molar-refractivity contribution in [1.29, 1.82) is 0 Å². The number of aromatic nitrogens is 3. The highest BCUT2D eigenvalue weighted by molar-refractivity contribution is 6.02. The molecule has 0 unspecified atom stereocenters. The van der Waals surface area contributed by atoms with Crippen LogP contribution < -0.4 is 10.6 Å². The Balaban J connectivity index is 0.000000166. The van der Waals surface area contributed by atoms with E-state index in [1.807, 2.05) is 102 Å². The van der Waals surface area contributed by atoms with Crippen LogP contribution in [0.5, 0.6) is 0 Å². The molecule has 0 aliphatic heterocycles. The van der Waals surface area contributed by atoms with Crippen molar-refractivity contribution in [3.8, 4) is 16.9 Å². The molecule has 0 radical (unpaired) electrons. The number of anilines is 2. The van der Waals surface area contributed by atoms with Crippen LogP contribution in [-0.2, 0) is 9.59 Å². The predicted molar refractivity (Wildman–Crippen MR) is 183 cm³/mol. The summed E-state index contributed by atoms with van der Waals surface area (Å²) < 4.78 is 12.2. The number of pyridine rings is 1. The standard InChI is InChI=1S/C20H15N3O2.C18H14N2O2/c24-20(11-10-18-8-4-12-25-18)22-16-6-3-7-17(13-16)23-19-9-2-1-5-15(19)14-21-23;21-18(10-9-16-7-4-12-22-16)20-15-6-3-5-14(13-15)17-8-1-2-11-19-17/h1-14H,(H,22,24);1-13H,(H,20,21)/b11-10+;10-9+. The zero-order valence-corrected chi connectivity index (χ0v) is 25.1. The Kier molecular flexibility index (Phi) is 9.56. The molecular formula is C38H29N5O4. The minimum atomic E-state index is -0.223. The molecule has 0 aliphatic carbocycles. The summed E-state index contributed by atoms with van der Waals surface area (Å²) in [6.07, 6.45) is 12.8. The Morgan fingerprint density at radius 1 is 0.660 bits per heavy atom. The van der Waals surface area contributed by atoms with Gasteiger partial charge in [-0.05, 0) is 84.9 Å². The first-order valence-electron chi connectivity index (χ1n) is 14.7. The third kappa shape index (κ3) is 8.25. The number of nitrogens with zero attached hydrogens (tertiary/aromatic N) is 3. The van der Waals surface area contributed by atoms with E-state index < -0.39 is 0 Å². The van der Waals surface area contributed by atoms with Crippen molar-refractivity contribution >= 4 is 46.2 Å². The van der Waals surface area contributed by atoms with Gasteiger partial charge in [-0.25, -0.2) is 4.68 Å². The average molecular weight is 620 g/mol. The van der Waals surface area contributed by atoms with Crippen LogP contribution in [0.2, 0.25) is 0 Å². The first-order valence-corrected chi connectivity index (χ1v) is 14.7. The monoisotopic (exact) mass is 619 g/mol. The largest absolute Gasteiger partial charge is 0.465 e. The number of nitrogens with one attached hydrogen (secondary N) is 2. The van der Waals surface area contributed by atoms with Crippen LogP contribution >= 0.6 is 0 Å². The van der Waals surface area contributed by atoms with Gasteiger partial charge in [-0.15, -0.1) is 0 Å². The minimum absolute atomic E-state index is 0.213. The number of carbonyl (C=O) groups is 2. The summed E-state index contributed by atoms with van der Waals surface area (Å²) in [4.78, 5) is 28.3. The van der Waals surface area contributed by atoms with Gasteiger partial charge < -0.3 is 19.5 Å². The van der Waals surface area contributed by atoms with Gasteiger partial charge in [0.2, 0.25) is 11.8 Å². The molecule has 230 valence electrons. The van der Waals surface area contributed by atoms with Crippen LogP contribution in [0.4, 0.5) is 11.4 Å². The van der Waals surface area contributed by atoms with Gasteiger partial charge >= 0.3 is 0 Å². The average Bonchev–Trinajstić information content (AvgIpc) is 3.91. The number of para-hydroxylation sites is 1. The van der Waals surface area contributed by atoms with E-state index in [1.54, 1.807) is 55.1 Å². The van der Waals surface area contributed by atoms with Crippen molar-refractivity contribution in [3.05, 3.63) is 164 Å². The quantitative estimate of drug-likeness (QED) is 0.166. The summed E-state index contributed by atoms with van der Waals surface area (Å²) in [6, 6.07) is 36.0. The third-order valence-corrected chi connectivity index (χ3v) is 6.81. The Bertz CT molecular complexity index is 2130. The number of fused-ring (bicyclic) bond motifs is 1. The Morgan fingerprint density at radius 3 is 1.98 bits per heavy atom. The zero-order chi connectivity index (χ0) is 32.3. The number of furan rings is 2. The minimum Gasteiger partial charge on any atom is -0.465 e. The maximum atomic E-state index is 12.1. The zero-order valence-electron chi connectivity index (χ0n) is 25.1. The fourth-order valence-corrected chi connectivity index (χ4v) is 4.64. The van der Waals surface area contributed by atoms with Crippen LogP contribution in [0, 0.1) is 0 Å². The Morgan fingerprint density at radius 2 is 1.32 bits per heavy atom. The van der Waals surface area contributed by atoms with Gasteiger partial charge in [0.15, 0.2) is 0 Å². The Hall–Kier alpha value is -6.74. The summed E-state index contributed by atoms with van der Waals surface area (Å²) in [7, 11) is 0. The molecule has 0 fully saturated rings. The molecule has 0 aliphatic rings. The second-order valence-corrected chi connectivity index (χ2v) is 10.1. The highest BCUT2D eigenvalue weighted by atomic mass is 16.3. The second-order valence-electron chi connectivity index (χ2n) is 10.1. The lowest BCUT2D eigenvalue weighted by molar-refractivity contribution is -0.112. The number of hydrogen-bond acceptors (Lipinski definition) is 6. The molecule has 0 atom stereocenters. The number of carbonyl (C=O) groups excluding carboxylic acids is 2. The molecular weight excluding hydrogens is 590 g/mol. The van der Waals surface area contributed by atoms with Crippen molar-refractivity contribution in [1.82, 2.24) is 14.8 Å². The first-order chi connectivity index (χ1) is 23.1. The van der Waals surface area contributed by atoms with Gasteiger partial charge in [0, 0.05) is 40.7 Å². The molecule has 0 saturated carbocycles. The van der Waals surface area contributed by atoms with E-state index in [4.69, 9.17) is 8.83 Å². The molecule has 4 heterocycles. The van der Waals surface area contributed by atoms with E-state index in [0.717, 1.165) is 33.5 Å². The molecule has 7 aromatic rings. The highest BCUT2D eigenvalue weighted by Gasteiger charge is 2.06. The van der Waals surface area contributed by atoms with Gasteiger partial charge in [-0.3, -0.25) is 14.6 Å². The van der Waals surface area contributed by atoms with E-state index in [1.165, 1.54) is 12.2 Å². The maximum Gasteiger partial charge on any atom is 0.248 e. The molecule has 3 aromatic carbocycles. The normalized spacial score (nSPS) is 11.0. The number of rotatable bonds is 8. The fraction of sp³-hybridized carbons (Fsp3) is 0. The van der Waals surface area contributed by atoms with Gasteiger partial charge in [-0.1, -0.05) is 42.5 Å². The van der Waals surface area contributed by atoms with Crippen LogP contribution in [0.25, 0.3) is 40.0 Å². The van der Waals surface area contributed by atoms with E-state index in [2.05, 4.69) is 20.7 Å². The Labute approximate surface area is 270 Å². The van der Waals surface area contributed by atoms with Gasteiger partial charge in [0.25, 0.3) is 0 Å². The van der Waals surface area contributed by atoms with E-state index in [-0.39, 0.29) is 11.8 Å². The predicted octanol–water partition coefficient (Wildman–Crippen LogP) is 8.26.